The summed E-state index contributed by atoms with van der Waals surface area (Å²) in [4.78, 5) is 0. The van der Waals surface area contributed by atoms with Crippen molar-refractivity contribution in [2.75, 3.05) is 13.2 Å². The van der Waals surface area contributed by atoms with Crippen LogP contribution in [0, 0.1) is 18.3 Å². The van der Waals surface area contributed by atoms with Crippen molar-refractivity contribution in [2.24, 2.45) is 0 Å². The molecule has 0 saturated carbocycles. The van der Waals surface area contributed by atoms with Crippen LogP contribution in [0.1, 0.15) is 44.1 Å². The molecule has 0 aromatic carbocycles. The highest BCUT2D eigenvalue weighted by Crippen LogP contribution is 2.29. The highest BCUT2D eigenvalue weighted by molar-refractivity contribution is 5.26. The Balaban J connectivity index is 2.37. The number of hydrogen-bond acceptors (Lipinski definition) is 3. The lowest BCUT2D eigenvalue weighted by atomic mass is 9.90. The maximum Gasteiger partial charge on any atom is 0.0934 e. The molecule has 1 saturated heterocycles. The Morgan fingerprint density at radius 2 is 2.12 bits per heavy atom. The zero-order valence-corrected chi connectivity index (χ0v) is 10.7. The van der Waals surface area contributed by atoms with Crippen molar-refractivity contribution in [3.05, 3.63) is 17.5 Å². The summed E-state index contributed by atoms with van der Waals surface area (Å²) < 4.78 is 7.42. The fourth-order valence-corrected chi connectivity index (χ4v) is 2.25. The fourth-order valence-electron chi connectivity index (χ4n) is 2.25. The van der Waals surface area contributed by atoms with Gasteiger partial charge in [0.1, 0.15) is 0 Å². The third-order valence-electron chi connectivity index (χ3n) is 3.31. The molecule has 1 aromatic rings. The molecule has 0 bridgehead atoms. The molecule has 1 aliphatic rings. The van der Waals surface area contributed by atoms with Gasteiger partial charge in [-0.05, 0) is 39.7 Å². The van der Waals surface area contributed by atoms with E-state index in [1.807, 2.05) is 31.5 Å². The van der Waals surface area contributed by atoms with Crippen LogP contribution in [0.2, 0.25) is 0 Å². The first kappa shape index (κ1) is 12.1. The van der Waals surface area contributed by atoms with Crippen molar-refractivity contribution in [3.8, 4) is 6.07 Å². The SMILES string of the molecule is Cc1cc(C(C)(C)C#N)n(C2CCOCC2)n1. The standard InChI is InChI=1S/C13H19N3O/c1-10-8-12(13(2,3)9-14)16(15-10)11-4-6-17-7-5-11/h8,11H,4-7H2,1-3H3. The number of aromatic nitrogens is 2. The normalized spacial score (nSPS) is 18.0. The van der Waals surface area contributed by atoms with Gasteiger partial charge in [0.25, 0.3) is 0 Å². The summed E-state index contributed by atoms with van der Waals surface area (Å²) in [6, 6.07) is 4.76. The van der Waals surface area contributed by atoms with Gasteiger partial charge in [-0.3, -0.25) is 4.68 Å². The van der Waals surface area contributed by atoms with Crippen molar-refractivity contribution in [2.45, 2.75) is 45.1 Å². The maximum atomic E-state index is 9.26. The van der Waals surface area contributed by atoms with Gasteiger partial charge in [0.15, 0.2) is 0 Å². The van der Waals surface area contributed by atoms with Gasteiger partial charge >= 0.3 is 0 Å². The molecule has 0 unspecified atom stereocenters. The summed E-state index contributed by atoms with van der Waals surface area (Å²) in [6.45, 7) is 7.44. The summed E-state index contributed by atoms with van der Waals surface area (Å²) in [7, 11) is 0. The van der Waals surface area contributed by atoms with E-state index < -0.39 is 5.41 Å². The summed E-state index contributed by atoms with van der Waals surface area (Å²) in [5.74, 6) is 0. The molecule has 92 valence electrons. The smallest absolute Gasteiger partial charge is 0.0934 e. The topological polar surface area (TPSA) is 50.8 Å². The molecule has 0 radical (unpaired) electrons. The lowest BCUT2D eigenvalue weighted by Crippen LogP contribution is -2.27. The van der Waals surface area contributed by atoms with Crippen LogP contribution in [-0.4, -0.2) is 23.0 Å². The first-order chi connectivity index (χ1) is 8.04. The predicted molar refractivity (Wildman–Crippen MR) is 64.7 cm³/mol. The van der Waals surface area contributed by atoms with Crippen LogP contribution in [0.4, 0.5) is 0 Å². The van der Waals surface area contributed by atoms with Crippen molar-refractivity contribution in [1.29, 1.82) is 5.26 Å². The van der Waals surface area contributed by atoms with Gasteiger partial charge in [-0.1, -0.05) is 0 Å². The zero-order valence-electron chi connectivity index (χ0n) is 10.7. The average molecular weight is 233 g/mol. The molecule has 0 N–H and O–H groups in total. The van der Waals surface area contributed by atoms with Gasteiger partial charge in [-0.15, -0.1) is 0 Å². The van der Waals surface area contributed by atoms with Gasteiger partial charge in [-0.25, -0.2) is 0 Å². The number of nitrogens with zero attached hydrogens (tertiary/aromatic N) is 3. The Morgan fingerprint density at radius 3 is 2.71 bits per heavy atom. The van der Waals surface area contributed by atoms with E-state index in [9.17, 15) is 5.26 Å². The second-order valence-corrected chi connectivity index (χ2v) is 5.20. The predicted octanol–water partition coefficient (Wildman–Crippen LogP) is 2.34. The fraction of sp³-hybridized carbons (Fsp3) is 0.692. The van der Waals surface area contributed by atoms with Crippen LogP contribution in [0.15, 0.2) is 6.07 Å². The van der Waals surface area contributed by atoms with E-state index in [1.165, 1.54) is 0 Å². The molecule has 1 fully saturated rings. The largest absolute Gasteiger partial charge is 0.381 e. The van der Waals surface area contributed by atoms with Crippen LogP contribution in [-0.2, 0) is 10.2 Å². The van der Waals surface area contributed by atoms with Crippen molar-refractivity contribution in [3.63, 3.8) is 0 Å². The minimum absolute atomic E-state index is 0.375. The molecule has 2 heterocycles. The van der Waals surface area contributed by atoms with Crippen molar-refractivity contribution < 1.29 is 4.74 Å². The minimum Gasteiger partial charge on any atom is -0.381 e. The summed E-state index contributed by atoms with van der Waals surface area (Å²) >= 11 is 0. The molecule has 4 nitrogen and oxygen atoms in total. The number of hydrogen-bond donors (Lipinski definition) is 0. The Labute approximate surface area is 102 Å². The Morgan fingerprint density at radius 1 is 1.47 bits per heavy atom. The molecular formula is C13H19N3O. The molecule has 0 spiro atoms. The number of rotatable bonds is 2. The number of aryl methyl sites for hydroxylation is 1. The number of ether oxygens (including phenoxy) is 1. The van der Waals surface area contributed by atoms with E-state index >= 15 is 0 Å². The number of nitriles is 1. The van der Waals surface area contributed by atoms with Crippen LogP contribution in [0.5, 0.6) is 0 Å². The highest BCUT2D eigenvalue weighted by atomic mass is 16.5. The lowest BCUT2D eigenvalue weighted by molar-refractivity contribution is 0.0647. The van der Waals surface area contributed by atoms with E-state index in [1.54, 1.807) is 0 Å². The Hall–Kier alpha value is -1.34. The lowest BCUT2D eigenvalue weighted by Gasteiger charge is -2.27. The average Bonchev–Trinajstić information content (AvgIpc) is 2.73. The van der Waals surface area contributed by atoms with Crippen LogP contribution >= 0.6 is 0 Å². The molecule has 0 atom stereocenters. The van der Waals surface area contributed by atoms with Crippen LogP contribution in [0.25, 0.3) is 0 Å². The Bertz CT molecular complexity index is 436. The summed E-state index contributed by atoms with van der Waals surface area (Å²) in [6.07, 6.45) is 1.96. The van der Waals surface area contributed by atoms with E-state index in [-0.39, 0.29) is 0 Å². The molecule has 1 aromatic heterocycles. The first-order valence-electron chi connectivity index (χ1n) is 6.10. The van der Waals surface area contributed by atoms with E-state index in [0.717, 1.165) is 37.4 Å². The third-order valence-corrected chi connectivity index (χ3v) is 3.31. The Kier molecular flexibility index (Phi) is 3.21. The second kappa shape index (κ2) is 4.50. The van der Waals surface area contributed by atoms with Crippen molar-refractivity contribution >= 4 is 0 Å². The molecule has 0 amide bonds. The van der Waals surface area contributed by atoms with E-state index in [0.29, 0.717) is 6.04 Å². The van der Waals surface area contributed by atoms with E-state index in [2.05, 4.69) is 11.2 Å². The van der Waals surface area contributed by atoms with E-state index in [4.69, 9.17) is 4.74 Å². The zero-order chi connectivity index (χ0) is 12.5. The molecule has 4 heteroatoms. The van der Waals surface area contributed by atoms with Gasteiger partial charge in [0.2, 0.25) is 0 Å². The summed E-state index contributed by atoms with van der Waals surface area (Å²) in [5, 5.41) is 13.8. The van der Waals surface area contributed by atoms with Crippen molar-refractivity contribution in [1.82, 2.24) is 9.78 Å². The van der Waals surface area contributed by atoms with Gasteiger partial charge in [0, 0.05) is 13.2 Å². The van der Waals surface area contributed by atoms with Crippen LogP contribution < -0.4 is 0 Å². The third kappa shape index (κ3) is 2.34. The first-order valence-corrected chi connectivity index (χ1v) is 6.10. The van der Waals surface area contributed by atoms with Gasteiger partial charge in [-0.2, -0.15) is 10.4 Å². The molecule has 2 rings (SSSR count). The molecule has 0 aliphatic carbocycles. The highest BCUT2D eigenvalue weighted by Gasteiger charge is 2.29. The molecular weight excluding hydrogens is 214 g/mol. The van der Waals surface area contributed by atoms with Gasteiger partial charge < -0.3 is 4.74 Å². The molecule has 17 heavy (non-hydrogen) atoms. The summed E-state index contributed by atoms with van der Waals surface area (Å²) in [5.41, 5.74) is 1.51. The van der Waals surface area contributed by atoms with Gasteiger partial charge in [0.05, 0.1) is 28.9 Å². The quantitative estimate of drug-likeness (QED) is 0.787. The van der Waals surface area contributed by atoms with Crippen LogP contribution in [0.3, 0.4) is 0 Å². The monoisotopic (exact) mass is 233 g/mol. The second-order valence-electron chi connectivity index (χ2n) is 5.20. The maximum absolute atomic E-state index is 9.26. The minimum atomic E-state index is -0.487. The molecule has 1 aliphatic heterocycles.